The number of benzene rings is 1. The van der Waals surface area contributed by atoms with Crippen LogP contribution in [-0.4, -0.2) is 54.2 Å². The number of rotatable bonds is 5. The minimum atomic E-state index is -0.991. The Morgan fingerprint density at radius 2 is 1.90 bits per heavy atom. The summed E-state index contributed by atoms with van der Waals surface area (Å²) >= 11 is 0. The third-order valence-corrected chi connectivity index (χ3v) is 3.56. The van der Waals surface area contributed by atoms with Gasteiger partial charge in [0.2, 0.25) is 0 Å². The number of carbonyl (C=O) groups excluding carboxylic acids is 1. The highest BCUT2D eigenvalue weighted by Gasteiger charge is 2.23. The van der Waals surface area contributed by atoms with Crippen LogP contribution in [-0.2, 0) is 11.2 Å². The molecule has 1 saturated heterocycles. The molecule has 6 nitrogen and oxygen atoms in total. The SMILES string of the molecule is O=C(O)C(CCc1ccccc1)NC(=O)N1CCNCC1. The van der Waals surface area contributed by atoms with Gasteiger partial charge in [-0.2, -0.15) is 0 Å². The van der Waals surface area contributed by atoms with Crippen LogP contribution in [0.25, 0.3) is 0 Å². The van der Waals surface area contributed by atoms with E-state index in [0.29, 0.717) is 25.9 Å². The van der Waals surface area contributed by atoms with E-state index in [0.717, 1.165) is 18.7 Å². The average molecular weight is 291 g/mol. The largest absolute Gasteiger partial charge is 0.480 e. The van der Waals surface area contributed by atoms with Crippen molar-refractivity contribution >= 4 is 12.0 Å². The highest BCUT2D eigenvalue weighted by atomic mass is 16.4. The Bertz CT molecular complexity index is 472. The zero-order valence-electron chi connectivity index (χ0n) is 11.9. The summed E-state index contributed by atoms with van der Waals surface area (Å²) in [6.45, 7) is 2.71. The minimum Gasteiger partial charge on any atom is -0.480 e. The molecule has 0 radical (unpaired) electrons. The van der Waals surface area contributed by atoms with Crippen molar-refractivity contribution in [3.63, 3.8) is 0 Å². The van der Waals surface area contributed by atoms with Crippen LogP contribution in [0.4, 0.5) is 4.79 Å². The molecule has 114 valence electrons. The van der Waals surface area contributed by atoms with Crippen molar-refractivity contribution in [3.8, 4) is 0 Å². The summed E-state index contributed by atoms with van der Waals surface area (Å²) in [6, 6.07) is 8.53. The number of carboxylic acid groups (broad SMARTS) is 1. The monoisotopic (exact) mass is 291 g/mol. The molecule has 0 aromatic heterocycles. The second-order valence-corrected chi connectivity index (χ2v) is 5.10. The van der Waals surface area contributed by atoms with Gasteiger partial charge in [0.15, 0.2) is 0 Å². The molecular weight excluding hydrogens is 270 g/mol. The van der Waals surface area contributed by atoms with E-state index >= 15 is 0 Å². The number of amides is 2. The zero-order chi connectivity index (χ0) is 15.1. The van der Waals surface area contributed by atoms with E-state index in [1.165, 1.54) is 0 Å². The standard InChI is InChI=1S/C15H21N3O3/c19-14(20)13(7-6-12-4-2-1-3-5-12)17-15(21)18-10-8-16-9-11-18/h1-5,13,16H,6-11H2,(H,17,21)(H,19,20). The van der Waals surface area contributed by atoms with E-state index in [1.807, 2.05) is 30.3 Å². The van der Waals surface area contributed by atoms with Crippen molar-refractivity contribution in [2.75, 3.05) is 26.2 Å². The molecule has 1 aliphatic heterocycles. The first-order valence-corrected chi connectivity index (χ1v) is 7.19. The maximum absolute atomic E-state index is 12.0. The predicted molar refractivity (Wildman–Crippen MR) is 79.2 cm³/mol. The first-order valence-electron chi connectivity index (χ1n) is 7.19. The topological polar surface area (TPSA) is 81.7 Å². The van der Waals surface area contributed by atoms with Crippen molar-refractivity contribution in [1.29, 1.82) is 0 Å². The van der Waals surface area contributed by atoms with Crippen LogP contribution < -0.4 is 10.6 Å². The quantitative estimate of drug-likeness (QED) is 0.745. The van der Waals surface area contributed by atoms with E-state index in [9.17, 15) is 14.7 Å². The number of nitrogens with one attached hydrogen (secondary N) is 2. The lowest BCUT2D eigenvalue weighted by Gasteiger charge is -2.28. The molecule has 1 aliphatic rings. The molecular formula is C15H21N3O3. The van der Waals surface area contributed by atoms with Crippen LogP contribution in [0.15, 0.2) is 30.3 Å². The van der Waals surface area contributed by atoms with Crippen LogP contribution in [0.2, 0.25) is 0 Å². The molecule has 1 fully saturated rings. The second-order valence-electron chi connectivity index (χ2n) is 5.10. The lowest BCUT2D eigenvalue weighted by atomic mass is 10.1. The number of hydrogen-bond donors (Lipinski definition) is 3. The maximum Gasteiger partial charge on any atom is 0.326 e. The first-order chi connectivity index (χ1) is 10.2. The van der Waals surface area contributed by atoms with Crippen LogP contribution in [0.1, 0.15) is 12.0 Å². The molecule has 1 aromatic rings. The Hall–Kier alpha value is -2.08. The van der Waals surface area contributed by atoms with E-state index < -0.39 is 12.0 Å². The Labute approximate surface area is 124 Å². The molecule has 2 rings (SSSR count). The Kier molecular flexibility index (Phi) is 5.57. The van der Waals surface area contributed by atoms with Crippen LogP contribution in [0, 0.1) is 0 Å². The molecule has 0 saturated carbocycles. The minimum absolute atomic E-state index is 0.294. The van der Waals surface area contributed by atoms with E-state index in [1.54, 1.807) is 4.90 Å². The van der Waals surface area contributed by atoms with Gasteiger partial charge in [0.1, 0.15) is 6.04 Å². The number of carbonyl (C=O) groups is 2. The molecule has 1 aromatic carbocycles. The fourth-order valence-corrected chi connectivity index (χ4v) is 2.32. The van der Waals surface area contributed by atoms with Crippen LogP contribution in [0.3, 0.4) is 0 Å². The normalized spacial score (nSPS) is 16.3. The van der Waals surface area contributed by atoms with Crippen LogP contribution in [0.5, 0.6) is 0 Å². The number of carboxylic acids is 1. The van der Waals surface area contributed by atoms with Gasteiger partial charge in [-0.3, -0.25) is 0 Å². The third kappa shape index (κ3) is 4.75. The highest BCUT2D eigenvalue weighted by molar-refractivity contribution is 5.82. The predicted octanol–water partition coefficient (Wildman–Crippen LogP) is 0.687. The van der Waals surface area contributed by atoms with Crippen LogP contribution >= 0.6 is 0 Å². The Balaban J connectivity index is 1.86. The van der Waals surface area contributed by atoms with E-state index in [2.05, 4.69) is 10.6 Å². The summed E-state index contributed by atoms with van der Waals surface area (Å²) in [5, 5.41) is 15.0. The number of piperazine rings is 1. The smallest absolute Gasteiger partial charge is 0.326 e. The number of urea groups is 1. The lowest BCUT2D eigenvalue weighted by Crippen LogP contribution is -2.53. The van der Waals surface area contributed by atoms with Gasteiger partial charge in [0, 0.05) is 26.2 Å². The lowest BCUT2D eigenvalue weighted by molar-refractivity contribution is -0.139. The van der Waals surface area contributed by atoms with Gasteiger partial charge in [0.05, 0.1) is 0 Å². The summed E-state index contributed by atoms with van der Waals surface area (Å²) in [7, 11) is 0. The number of hydrogen-bond acceptors (Lipinski definition) is 3. The van der Waals surface area contributed by atoms with Gasteiger partial charge >= 0.3 is 12.0 Å². The van der Waals surface area contributed by atoms with Gasteiger partial charge < -0.3 is 20.6 Å². The summed E-state index contributed by atoms with van der Waals surface area (Å²) in [5.41, 5.74) is 1.07. The van der Waals surface area contributed by atoms with E-state index in [-0.39, 0.29) is 6.03 Å². The molecule has 1 heterocycles. The van der Waals surface area contributed by atoms with Gasteiger partial charge in [-0.05, 0) is 18.4 Å². The molecule has 0 bridgehead atoms. The van der Waals surface area contributed by atoms with Gasteiger partial charge in [-0.25, -0.2) is 9.59 Å². The Morgan fingerprint density at radius 3 is 2.52 bits per heavy atom. The average Bonchev–Trinajstić information content (AvgIpc) is 2.52. The molecule has 2 amide bonds. The number of nitrogens with zero attached hydrogens (tertiary/aromatic N) is 1. The van der Waals surface area contributed by atoms with Crippen molar-refractivity contribution in [3.05, 3.63) is 35.9 Å². The third-order valence-electron chi connectivity index (χ3n) is 3.56. The first kappa shape index (κ1) is 15.3. The van der Waals surface area contributed by atoms with Crippen molar-refractivity contribution in [1.82, 2.24) is 15.5 Å². The van der Waals surface area contributed by atoms with Crippen molar-refractivity contribution in [2.24, 2.45) is 0 Å². The molecule has 21 heavy (non-hydrogen) atoms. The zero-order valence-corrected chi connectivity index (χ0v) is 11.9. The maximum atomic E-state index is 12.0. The summed E-state index contributed by atoms with van der Waals surface area (Å²) < 4.78 is 0. The molecule has 1 unspecified atom stereocenters. The fourth-order valence-electron chi connectivity index (χ4n) is 2.32. The van der Waals surface area contributed by atoms with Gasteiger partial charge in [-0.15, -0.1) is 0 Å². The summed E-state index contributed by atoms with van der Waals surface area (Å²) in [5.74, 6) is -0.991. The van der Waals surface area contributed by atoms with Crippen molar-refractivity contribution in [2.45, 2.75) is 18.9 Å². The second kappa shape index (κ2) is 7.64. The Morgan fingerprint density at radius 1 is 1.24 bits per heavy atom. The number of aliphatic carboxylic acids is 1. The molecule has 3 N–H and O–H groups in total. The fraction of sp³-hybridized carbons (Fsp3) is 0.467. The summed E-state index contributed by atoms with van der Waals surface area (Å²) in [6.07, 6.45) is 1.01. The number of aryl methyl sites for hydroxylation is 1. The molecule has 1 atom stereocenters. The highest BCUT2D eigenvalue weighted by Crippen LogP contribution is 2.06. The van der Waals surface area contributed by atoms with Gasteiger partial charge in [0.25, 0.3) is 0 Å². The van der Waals surface area contributed by atoms with E-state index in [4.69, 9.17) is 0 Å². The van der Waals surface area contributed by atoms with Crippen molar-refractivity contribution < 1.29 is 14.7 Å². The van der Waals surface area contributed by atoms with Gasteiger partial charge in [-0.1, -0.05) is 30.3 Å². The molecule has 6 heteroatoms. The molecule has 0 spiro atoms. The molecule has 0 aliphatic carbocycles. The summed E-state index contributed by atoms with van der Waals surface area (Å²) in [4.78, 5) is 25.0.